The number of hydrogen-bond donors (Lipinski definition) is 2. The number of anilines is 1. The third kappa shape index (κ3) is 4.67. The second-order valence-electron chi connectivity index (χ2n) is 6.73. The fraction of sp³-hybridized carbons (Fsp3) is 0.238. The number of ether oxygens (including phenoxy) is 1. The molecule has 29 heavy (non-hydrogen) atoms. The number of hydrogen-bond acceptors (Lipinski definition) is 8. The predicted molar refractivity (Wildman–Crippen MR) is 114 cm³/mol. The lowest BCUT2D eigenvalue weighted by atomic mass is 10.1. The second kappa shape index (κ2) is 8.50. The number of aliphatic hydroxyl groups is 1. The zero-order chi connectivity index (χ0) is 20.2. The number of aliphatic hydroxyl groups excluding tert-OH is 1. The van der Waals surface area contributed by atoms with E-state index in [2.05, 4.69) is 31.5 Å². The maximum absolute atomic E-state index is 9.36. The molecule has 148 valence electrons. The van der Waals surface area contributed by atoms with Crippen molar-refractivity contribution >= 4 is 27.5 Å². The Hall–Kier alpha value is -3.10. The monoisotopic (exact) mass is 407 g/mol. The standard InChI is InChI=1S/C21H21N5O2S/c1-13-9-15(28-12-14(2)27)7-8-16(13)18-10-23-26-21(25-18)22-11-20-24-17-5-3-4-6-19(17)29-20/h3-10,14,27H,11-12H2,1-2H3,(H,22,25,26). The molecular formula is C21H21N5O2S. The Kier molecular flexibility index (Phi) is 5.64. The van der Waals surface area contributed by atoms with Crippen LogP contribution >= 0.6 is 11.3 Å². The first-order chi connectivity index (χ1) is 14.1. The van der Waals surface area contributed by atoms with E-state index in [1.54, 1.807) is 24.5 Å². The summed E-state index contributed by atoms with van der Waals surface area (Å²) in [5.74, 6) is 1.17. The molecule has 0 aliphatic rings. The summed E-state index contributed by atoms with van der Waals surface area (Å²) in [5, 5.41) is 21.7. The Labute approximate surface area is 172 Å². The van der Waals surface area contributed by atoms with Crippen molar-refractivity contribution in [2.24, 2.45) is 0 Å². The van der Waals surface area contributed by atoms with Gasteiger partial charge in [-0.05, 0) is 49.7 Å². The van der Waals surface area contributed by atoms with E-state index in [1.165, 1.54) is 0 Å². The molecule has 8 heteroatoms. The summed E-state index contributed by atoms with van der Waals surface area (Å²) in [4.78, 5) is 9.20. The van der Waals surface area contributed by atoms with Gasteiger partial charge >= 0.3 is 0 Å². The molecule has 0 saturated carbocycles. The molecule has 7 nitrogen and oxygen atoms in total. The van der Waals surface area contributed by atoms with Crippen molar-refractivity contribution in [3.05, 3.63) is 59.2 Å². The first kappa shape index (κ1) is 19.2. The summed E-state index contributed by atoms with van der Waals surface area (Å²) in [6.45, 7) is 4.47. The van der Waals surface area contributed by atoms with Gasteiger partial charge in [0.2, 0.25) is 5.95 Å². The SMILES string of the molecule is Cc1cc(OCC(C)O)ccc1-c1cnnc(NCc2nc3ccccc3s2)n1. The molecule has 0 aliphatic carbocycles. The van der Waals surface area contributed by atoms with Crippen LogP contribution in [0.5, 0.6) is 5.75 Å². The molecule has 0 aliphatic heterocycles. The molecule has 2 N–H and O–H groups in total. The smallest absolute Gasteiger partial charge is 0.243 e. The molecule has 2 aromatic heterocycles. The highest BCUT2D eigenvalue weighted by Gasteiger charge is 2.09. The number of nitrogens with zero attached hydrogens (tertiary/aromatic N) is 4. The molecule has 0 spiro atoms. The summed E-state index contributed by atoms with van der Waals surface area (Å²) in [6, 6.07) is 13.8. The Morgan fingerprint density at radius 2 is 2.03 bits per heavy atom. The van der Waals surface area contributed by atoms with Crippen LogP contribution in [0.3, 0.4) is 0 Å². The highest BCUT2D eigenvalue weighted by Crippen LogP contribution is 2.26. The average molecular weight is 407 g/mol. The van der Waals surface area contributed by atoms with Crippen LogP contribution in [-0.2, 0) is 6.54 Å². The van der Waals surface area contributed by atoms with Crippen molar-refractivity contribution in [1.82, 2.24) is 20.2 Å². The number of para-hydroxylation sites is 1. The highest BCUT2D eigenvalue weighted by atomic mass is 32.1. The summed E-state index contributed by atoms with van der Waals surface area (Å²) in [7, 11) is 0. The summed E-state index contributed by atoms with van der Waals surface area (Å²) >= 11 is 1.65. The molecular weight excluding hydrogens is 386 g/mol. The number of aromatic nitrogens is 4. The average Bonchev–Trinajstić information content (AvgIpc) is 3.14. The Balaban J connectivity index is 1.48. The number of fused-ring (bicyclic) bond motifs is 1. The van der Waals surface area contributed by atoms with Gasteiger partial charge in [0.1, 0.15) is 17.4 Å². The van der Waals surface area contributed by atoms with Crippen LogP contribution in [0.2, 0.25) is 0 Å². The van der Waals surface area contributed by atoms with Crippen molar-refractivity contribution in [3.8, 4) is 17.0 Å². The molecule has 0 saturated heterocycles. The van der Waals surface area contributed by atoms with Crippen molar-refractivity contribution in [3.63, 3.8) is 0 Å². The van der Waals surface area contributed by atoms with Crippen molar-refractivity contribution < 1.29 is 9.84 Å². The van der Waals surface area contributed by atoms with Gasteiger partial charge in [-0.3, -0.25) is 0 Å². The van der Waals surface area contributed by atoms with Gasteiger partial charge in [-0.1, -0.05) is 12.1 Å². The van der Waals surface area contributed by atoms with Gasteiger partial charge in [0.25, 0.3) is 0 Å². The van der Waals surface area contributed by atoms with Crippen LogP contribution in [0, 0.1) is 6.92 Å². The van der Waals surface area contributed by atoms with E-state index in [0.29, 0.717) is 18.2 Å². The maximum atomic E-state index is 9.36. The van der Waals surface area contributed by atoms with Crippen LogP contribution in [0.4, 0.5) is 5.95 Å². The van der Waals surface area contributed by atoms with Gasteiger partial charge in [-0.25, -0.2) is 9.97 Å². The van der Waals surface area contributed by atoms with Crippen LogP contribution in [-0.4, -0.2) is 38.0 Å². The molecule has 4 rings (SSSR count). The Morgan fingerprint density at radius 3 is 2.83 bits per heavy atom. The zero-order valence-electron chi connectivity index (χ0n) is 16.2. The van der Waals surface area contributed by atoms with E-state index in [9.17, 15) is 5.11 Å². The Bertz CT molecular complexity index is 1100. The highest BCUT2D eigenvalue weighted by molar-refractivity contribution is 7.18. The lowest BCUT2D eigenvalue weighted by Gasteiger charge is -2.11. The minimum absolute atomic E-state index is 0.258. The van der Waals surface area contributed by atoms with Gasteiger partial charge in [0, 0.05) is 5.56 Å². The molecule has 2 aromatic carbocycles. The van der Waals surface area contributed by atoms with Gasteiger partial charge in [-0.15, -0.1) is 16.4 Å². The third-order valence-corrected chi connectivity index (χ3v) is 5.30. The van der Waals surface area contributed by atoms with E-state index in [1.807, 2.05) is 43.3 Å². The fourth-order valence-electron chi connectivity index (χ4n) is 2.89. The van der Waals surface area contributed by atoms with Gasteiger partial charge in [-0.2, -0.15) is 5.10 Å². The molecule has 0 amide bonds. The van der Waals surface area contributed by atoms with Gasteiger partial charge < -0.3 is 15.2 Å². The Morgan fingerprint density at radius 1 is 1.17 bits per heavy atom. The van der Waals surface area contributed by atoms with Crippen LogP contribution in [0.15, 0.2) is 48.7 Å². The van der Waals surface area contributed by atoms with E-state index < -0.39 is 6.10 Å². The summed E-state index contributed by atoms with van der Waals surface area (Å²) < 4.78 is 6.72. The first-order valence-corrected chi connectivity index (χ1v) is 10.1. The quantitative estimate of drug-likeness (QED) is 0.481. The van der Waals surface area contributed by atoms with E-state index in [4.69, 9.17) is 4.74 Å². The van der Waals surface area contributed by atoms with Gasteiger partial charge in [0.15, 0.2) is 0 Å². The van der Waals surface area contributed by atoms with Gasteiger partial charge in [0.05, 0.1) is 34.8 Å². The topological polar surface area (TPSA) is 93.0 Å². The largest absolute Gasteiger partial charge is 0.491 e. The van der Waals surface area contributed by atoms with Crippen LogP contribution < -0.4 is 10.1 Å². The fourth-order valence-corrected chi connectivity index (χ4v) is 3.80. The first-order valence-electron chi connectivity index (χ1n) is 9.28. The molecule has 2 heterocycles. The third-order valence-electron chi connectivity index (χ3n) is 4.26. The lowest BCUT2D eigenvalue weighted by molar-refractivity contribution is 0.122. The maximum Gasteiger partial charge on any atom is 0.243 e. The van der Waals surface area contributed by atoms with Crippen molar-refractivity contribution in [2.75, 3.05) is 11.9 Å². The molecule has 0 radical (unpaired) electrons. The van der Waals surface area contributed by atoms with Crippen LogP contribution in [0.1, 0.15) is 17.5 Å². The molecule has 1 unspecified atom stereocenters. The molecule has 4 aromatic rings. The van der Waals surface area contributed by atoms with Crippen molar-refractivity contribution in [2.45, 2.75) is 26.5 Å². The normalized spacial score (nSPS) is 12.1. The van der Waals surface area contributed by atoms with Crippen molar-refractivity contribution in [1.29, 1.82) is 0 Å². The summed E-state index contributed by atoms with van der Waals surface area (Å²) in [6.07, 6.45) is 1.13. The van der Waals surface area contributed by atoms with Crippen LogP contribution in [0.25, 0.3) is 21.5 Å². The number of rotatable bonds is 7. The van der Waals surface area contributed by atoms with E-state index in [0.717, 1.165) is 32.0 Å². The minimum atomic E-state index is -0.509. The number of thiazole rings is 1. The summed E-state index contributed by atoms with van der Waals surface area (Å²) in [5.41, 5.74) is 3.68. The van der Waals surface area contributed by atoms with E-state index in [-0.39, 0.29) is 6.61 Å². The zero-order valence-corrected chi connectivity index (χ0v) is 17.0. The molecule has 0 fully saturated rings. The molecule has 1 atom stereocenters. The predicted octanol–water partition coefficient (Wildman–Crippen LogP) is 3.83. The second-order valence-corrected chi connectivity index (χ2v) is 7.85. The minimum Gasteiger partial charge on any atom is -0.491 e. The number of nitrogens with one attached hydrogen (secondary N) is 1. The number of aryl methyl sites for hydroxylation is 1. The number of benzene rings is 2. The van der Waals surface area contributed by atoms with E-state index >= 15 is 0 Å². The lowest BCUT2D eigenvalue weighted by Crippen LogP contribution is -2.12. The molecule has 0 bridgehead atoms.